The molecular weight excluding hydrogens is 244 g/mol. The number of esters is 1. The van der Waals surface area contributed by atoms with Crippen LogP contribution in [0.25, 0.3) is 0 Å². The highest BCUT2D eigenvalue weighted by Crippen LogP contribution is 2.36. The Balaban J connectivity index is 2.36. The van der Waals surface area contributed by atoms with Gasteiger partial charge in [0.25, 0.3) is 0 Å². The molecule has 0 radical (unpaired) electrons. The zero-order valence-electron chi connectivity index (χ0n) is 12.6. The minimum absolute atomic E-state index is 0.0748. The smallest absolute Gasteiger partial charge is 0.313 e. The molecule has 1 rings (SSSR count). The summed E-state index contributed by atoms with van der Waals surface area (Å²) in [5.41, 5.74) is 0.207. The van der Waals surface area contributed by atoms with Crippen molar-refractivity contribution in [2.24, 2.45) is 0 Å². The lowest BCUT2D eigenvalue weighted by molar-refractivity contribution is -0.145. The number of ketones is 1. The van der Waals surface area contributed by atoms with Crippen molar-refractivity contribution in [1.82, 2.24) is 9.80 Å². The Morgan fingerprint density at radius 3 is 2.26 bits per heavy atom. The van der Waals surface area contributed by atoms with Crippen molar-refractivity contribution < 1.29 is 14.3 Å². The molecule has 5 nitrogen and oxygen atoms in total. The molecule has 0 amide bonds. The maximum atomic E-state index is 11.7. The molecule has 0 aromatic heterocycles. The first-order valence-electron chi connectivity index (χ1n) is 6.93. The van der Waals surface area contributed by atoms with Crippen molar-refractivity contribution in [3.63, 3.8) is 0 Å². The highest BCUT2D eigenvalue weighted by Gasteiger charge is 2.39. The molecule has 0 aromatic rings. The van der Waals surface area contributed by atoms with Gasteiger partial charge in [0, 0.05) is 12.1 Å². The monoisotopic (exact) mass is 270 g/mol. The van der Waals surface area contributed by atoms with Crippen LogP contribution >= 0.6 is 0 Å². The average molecular weight is 270 g/mol. The van der Waals surface area contributed by atoms with Crippen LogP contribution in [0.3, 0.4) is 0 Å². The van der Waals surface area contributed by atoms with E-state index in [2.05, 4.69) is 19.0 Å². The number of carbonyl (C=O) groups is 2. The van der Waals surface area contributed by atoms with E-state index in [9.17, 15) is 9.59 Å². The molecule has 0 bridgehead atoms. The number of ether oxygens (including phenoxy) is 1. The fraction of sp³-hybridized carbons (Fsp3) is 0.857. The summed E-state index contributed by atoms with van der Waals surface area (Å²) in [5, 5.41) is 0. The standard InChI is InChI=1S/C14H26N2O3/c1-5-19-13(18)9-12(17)10-16(4)11-14(15(2)3)7-6-8-14/h5-11H2,1-4H3. The zero-order valence-corrected chi connectivity index (χ0v) is 12.6. The molecule has 1 saturated carbocycles. The van der Waals surface area contributed by atoms with Crippen molar-refractivity contribution in [1.29, 1.82) is 0 Å². The summed E-state index contributed by atoms with van der Waals surface area (Å²) in [6.07, 6.45) is 3.49. The van der Waals surface area contributed by atoms with Crippen LogP contribution in [0.1, 0.15) is 32.6 Å². The molecule has 0 spiro atoms. The largest absolute Gasteiger partial charge is 0.466 e. The highest BCUT2D eigenvalue weighted by molar-refractivity contribution is 5.96. The summed E-state index contributed by atoms with van der Waals surface area (Å²) in [6, 6.07) is 0. The fourth-order valence-electron chi connectivity index (χ4n) is 2.62. The molecule has 0 aromatic carbocycles. The second-order valence-corrected chi connectivity index (χ2v) is 5.67. The predicted octanol–water partition coefficient (Wildman–Crippen LogP) is 0.925. The molecule has 110 valence electrons. The van der Waals surface area contributed by atoms with Crippen molar-refractivity contribution in [3.8, 4) is 0 Å². The van der Waals surface area contributed by atoms with E-state index in [4.69, 9.17) is 4.74 Å². The van der Waals surface area contributed by atoms with Gasteiger partial charge in [0.1, 0.15) is 6.42 Å². The summed E-state index contributed by atoms with van der Waals surface area (Å²) in [7, 11) is 6.12. The van der Waals surface area contributed by atoms with Gasteiger partial charge >= 0.3 is 5.97 Å². The van der Waals surface area contributed by atoms with Gasteiger partial charge in [0.15, 0.2) is 5.78 Å². The Hall–Kier alpha value is -0.940. The van der Waals surface area contributed by atoms with E-state index in [1.165, 1.54) is 19.3 Å². The summed E-state index contributed by atoms with van der Waals surface area (Å²) in [5.74, 6) is -0.499. The molecular formula is C14H26N2O3. The molecule has 0 N–H and O–H groups in total. The van der Waals surface area contributed by atoms with Crippen LogP contribution in [0.15, 0.2) is 0 Å². The molecule has 1 aliphatic carbocycles. The SMILES string of the molecule is CCOC(=O)CC(=O)CN(C)CC1(N(C)C)CCC1. The second-order valence-electron chi connectivity index (χ2n) is 5.67. The van der Waals surface area contributed by atoms with E-state index in [0.29, 0.717) is 13.2 Å². The van der Waals surface area contributed by atoms with E-state index < -0.39 is 5.97 Å². The molecule has 1 aliphatic rings. The Morgan fingerprint density at radius 2 is 1.84 bits per heavy atom. The predicted molar refractivity (Wildman–Crippen MR) is 74.0 cm³/mol. The Labute approximate surface area is 115 Å². The van der Waals surface area contributed by atoms with Gasteiger partial charge in [-0.15, -0.1) is 0 Å². The fourth-order valence-corrected chi connectivity index (χ4v) is 2.62. The molecule has 0 heterocycles. The van der Waals surface area contributed by atoms with E-state index in [-0.39, 0.29) is 17.7 Å². The molecule has 0 saturated heterocycles. The highest BCUT2D eigenvalue weighted by atomic mass is 16.5. The van der Waals surface area contributed by atoms with Crippen LogP contribution in [0.2, 0.25) is 0 Å². The zero-order chi connectivity index (χ0) is 14.5. The summed E-state index contributed by atoms with van der Waals surface area (Å²) < 4.78 is 4.78. The molecule has 19 heavy (non-hydrogen) atoms. The van der Waals surface area contributed by atoms with E-state index in [1.807, 2.05) is 11.9 Å². The van der Waals surface area contributed by atoms with E-state index in [1.54, 1.807) is 6.92 Å². The van der Waals surface area contributed by atoms with Gasteiger partial charge in [-0.05, 0) is 47.3 Å². The molecule has 0 aliphatic heterocycles. The van der Waals surface area contributed by atoms with Gasteiger partial charge in [0.05, 0.1) is 13.2 Å². The minimum Gasteiger partial charge on any atom is -0.466 e. The van der Waals surface area contributed by atoms with Gasteiger partial charge in [0.2, 0.25) is 0 Å². The van der Waals surface area contributed by atoms with Gasteiger partial charge in [-0.1, -0.05) is 0 Å². The minimum atomic E-state index is -0.424. The molecule has 1 fully saturated rings. The quantitative estimate of drug-likeness (QED) is 0.485. The average Bonchev–Trinajstić information content (AvgIpc) is 2.22. The third-order valence-electron chi connectivity index (χ3n) is 3.89. The Kier molecular flexibility index (Phi) is 5.94. The number of rotatable bonds is 8. The molecule has 5 heteroatoms. The van der Waals surface area contributed by atoms with Crippen LogP contribution in [0, 0.1) is 0 Å². The summed E-state index contributed by atoms with van der Waals surface area (Å²) >= 11 is 0. The first-order valence-corrected chi connectivity index (χ1v) is 6.93. The number of hydrogen-bond acceptors (Lipinski definition) is 5. The second kappa shape index (κ2) is 7.01. The number of Topliss-reactive ketones (excluding diaryl/α,β-unsaturated/α-hetero) is 1. The number of nitrogens with zero attached hydrogens (tertiary/aromatic N) is 2. The van der Waals surface area contributed by atoms with Crippen LogP contribution in [0.5, 0.6) is 0 Å². The lowest BCUT2D eigenvalue weighted by atomic mass is 9.75. The number of hydrogen-bond donors (Lipinski definition) is 0. The number of carbonyl (C=O) groups excluding carboxylic acids is 2. The van der Waals surface area contributed by atoms with Gasteiger partial charge in [-0.25, -0.2) is 0 Å². The third kappa shape index (κ3) is 4.58. The van der Waals surface area contributed by atoms with Gasteiger partial charge in [-0.2, -0.15) is 0 Å². The lowest BCUT2D eigenvalue weighted by Gasteiger charge is -2.49. The van der Waals surface area contributed by atoms with Crippen molar-refractivity contribution in [2.45, 2.75) is 38.1 Å². The van der Waals surface area contributed by atoms with Crippen LogP contribution in [0.4, 0.5) is 0 Å². The van der Waals surface area contributed by atoms with Crippen molar-refractivity contribution in [2.75, 3.05) is 40.8 Å². The Morgan fingerprint density at radius 1 is 1.21 bits per heavy atom. The third-order valence-corrected chi connectivity index (χ3v) is 3.89. The van der Waals surface area contributed by atoms with Crippen LogP contribution < -0.4 is 0 Å². The summed E-state index contributed by atoms with van der Waals surface area (Å²) in [6.45, 7) is 3.25. The molecule has 0 unspecified atom stereocenters. The van der Waals surface area contributed by atoms with E-state index >= 15 is 0 Å². The summed E-state index contributed by atoms with van der Waals surface area (Å²) in [4.78, 5) is 27.2. The first-order chi connectivity index (χ1) is 8.89. The normalized spacial score (nSPS) is 17.4. The number of likely N-dealkylation sites (N-methyl/N-ethyl adjacent to an activating group) is 2. The maximum Gasteiger partial charge on any atom is 0.313 e. The van der Waals surface area contributed by atoms with Gasteiger partial charge < -0.3 is 9.64 Å². The Bertz CT molecular complexity index is 325. The molecule has 0 atom stereocenters. The van der Waals surface area contributed by atoms with Crippen molar-refractivity contribution >= 4 is 11.8 Å². The first kappa shape index (κ1) is 16.1. The lowest BCUT2D eigenvalue weighted by Crippen LogP contribution is -2.57. The van der Waals surface area contributed by atoms with Crippen molar-refractivity contribution in [3.05, 3.63) is 0 Å². The van der Waals surface area contributed by atoms with Gasteiger partial charge in [-0.3, -0.25) is 14.5 Å². The van der Waals surface area contributed by atoms with Crippen LogP contribution in [-0.2, 0) is 14.3 Å². The maximum absolute atomic E-state index is 11.7. The van der Waals surface area contributed by atoms with E-state index in [0.717, 1.165) is 6.54 Å². The van der Waals surface area contributed by atoms with Crippen LogP contribution in [-0.4, -0.2) is 67.9 Å². The topological polar surface area (TPSA) is 49.9 Å².